The number of hydrogen-bond acceptors (Lipinski definition) is 2. The van der Waals surface area contributed by atoms with Gasteiger partial charge in [-0.3, -0.25) is 4.79 Å². The Morgan fingerprint density at radius 3 is 2.58 bits per heavy atom. The Morgan fingerprint density at radius 1 is 1.21 bits per heavy atom. The van der Waals surface area contributed by atoms with Crippen molar-refractivity contribution in [3.05, 3.63) is 55.2 Å². The summed E-state index contributed by atoms with van der Waals surface area (Å²) in [5.74, 6) is -0.0255. The van der Waals surface area contributed by atoms with Crippen molar-refractivity contribution in [1.82, 2.24) is 5.32 Å². The molecule has 1 aromatic heterocycles. The van der Waals surface area contributed by atoms with Gasteiger partial charge in [0.1, 0.15) is 0 Å². The highest BCUT2D eigenvalue weighted by atomic mass is 79.9. The largest absolute Gasteiger partial charge is 0.347 e. The standard InChI is InChI=1S/C15H16BrNOS/c1-9-4-5-12(16)7-14(9)15(18)17-8-13-6-10(2)11(3)19-13/h4-7H,8H2,1-3H3,(H,17,18). The number of halogens is 1. The molecule has 19 heavy (non-hydrogen) atoms. The maximum absolute atomic E-state index is 12.2. The van der Waals surface area contributed by atoms with Crippen LogP contribution in [0.3, 0.4) is 0 Å². The van der Waals surface area contributed by atoms with E-state index in [9.17, 15) is 4.79 Å². The zero-order valence-electron chi connectivity index (χ0n) is 11.2. The lowest BCUT2D eigenvalue weighted by molar-refractivity contribution is 0.0950. The minimum Gasteiger partial charge on any atom is -0.347 e. The number of rotatable bonds is 3. The summed E-state index contributed by atoms with van der Waals surface area (Å²) in [7, 11) is 0. The molecular formula is C15H16BrNOS. The summed E-state index contributed by atoms with van der Waals surface area (Å²) in [6.07, 6.45) is 0. The molecule has 0 bridgehead atoms. The number of thiophene rings is 1. The van der Waals surface area contributed by atoms with Crippen LogP contribution in [-0.4, -0.2) is 5.91 Å². The molecule has 100 valence electrons. The molecule has 1 aromatic carbocycles. The van der Waals surface area contributed by atoms with E-state index in [0.29, 0.717) is 6.54 Å². The van der Waals surface area contributed by atoms with E-state index in [1.54, 1.807) is 11.3 Å². The molecular weight excluding hydrogens is 322 g/mol. The van der Waals surface area contributed by atoms with Crippen LogP contribution >= 0.6 is 27.3 Å². The molecule has 0 spiro atoms. The highest BCUT2D eigenvalue weighted by molar-refractivity contribution is 9.10. The zero-order chi connectivity index (χ0) is 14.0. The highest BCUT2D eigenvalue weighted by Crippen LogP contribution is 2.21. The number of benzene rings is 1. The van der Waals surface area contributed by atoms with E-state index >= 15 is 0 Å². The number of carbonyl (C=O) groups excluding carboxylic acids is 1. The first kappa shape index (κ1) is 14.3. The van der Waals surface area contributed by atoms with Crippen molar-refractivity contribution >= 4 is 33.2 Å². The fourth-order valence-corrected chi connectivity index (χ4v) is 3.19. The lowest BCUT2D eigenvalue weighted by Gasteiger charge is -2.07. The van der Waals surface area contributed by atoms with Crippen LogP contribution in [0.4, 0.5) is 0 Å². The van der Waals surface area contributed by atoms with Gasteiger partial charge in [0, 0.05) is 19.8 Å². The molecule has 1 N–H and O–H groups in total. The Hall–Kier alpha value is -1.13. The molecule has 2 nitrogen and oxygen atoms in total. The average molecular weight is 338 g/mol. The van der Waals surface area contributed by atoms with Gasteiger partial charge >= 0.3 is 0 Å². The molecule has 2 rings (SSSR count). The van der Waals surface area contributed by atoms with Crippen molar-refractivity contribution in [3.63, 3.8) is 0 Å². The Bertz CT molecular complexity index is 599. The second-order valence-electron chi connectivity index (χ2n) is 4.59. The normalized spacial score (nSPS) is 10.5. The fraction of sp³-hybridized carbons (Fsp3) is 0.267. The van der Waals surface area contributed by atoms with Crippen LogP contribution < -0.4 is 5.32 Å². The van der Waals surface area contributed by atoms with Crippen LogP contribution in [0.5, 0.6) is 0 Å². The summed E-state index contributed by atoms with van der Waals surface area (Å²) in [4.78, 5) is 14.7. The van der Waals surface area contributed by atoms with Gasteiger partial charge in [-0.1, -0.05) is 22.0 Å². The maximum atomic E-state index is 12.2. The van der Waals surface area contributed by atoms with Crippen LogP contribution in [0, 0.1) is 20.8 Å². The van der Waals surface area contributed by atoms with Crippen LogP contribution in [-0.2, 0) is 6.54 Å². The summed E-state index contributed by atoms with van der Waals surface area (Å²) in [5.41, 5.74) is 2.99. The first-order chi connectivity index (χ1) is 8.97. The van der Waals surface area contributed by atoms with Gasteiger partial charge in [0.05, 0.1) is 6.54 Å². The minimum atomic E-state index is -0.0255. The Labute approximate surface area is 126 Å². The number of nitrogens with one attached hydrogen (secondary N) is 1. The quantitative estimate of drug-likeness (QED) is 0.885. The van der Waals surface area contributed by atoms with Crippen molar-refractivity contribution in [2.24, 2.45) is 0 Å². The van der Waals surface area contributed by atoms with E-state index in [1.807, 2.05) is 25.1 Å². The molecule has 2 aromatic rings. The monoisotopic (exact) mass is 337 g/mol. The van der Waals surface area contributed by atoms with Gasteiger partial charge in [-0.25, -0.2) is 0 Å². The number of aryl methyl sites for hydroxylation is 3. The molecule has 0 fully saturated rings. The predicted molar refractivity (Wildman–Crippen MR) is 83.8 cm³/mol. The molecule has 0 atom stereocenters. The second kappa shape index (κ2) is 5.88. The van der Waals surface area contributed by atoms with Gasteiger partial charge in [0.25, 0.3) is 5.91 Å². The summed E-state index contributed by atoms with van der Waals surface area (Å²) < 4.78 is 0.922. The Kier molecular flexibility index (Phi) is 4.42. The molecule has 0 unspecified atom stereocenters. The van der Waals surface area contributed by atoms with Gasteiger partial charge < -0.3 is 5.32 Å². The first-order valence-corrected chi connectivity index (χ1v) is 7.68. The van der Waals surface area contributed by atoms with Crippen molar-refractivity contribution < 1.29 is 4.79 Å². The van der Waals surface area contributed by atoms with E-state index in [2.05, 4.69) is 41.2 Å². The number of hydrogen-bond donors (Lipinski definition) is 1. The first-order valence-electron chi connectivity index (χ1n) is 6.07. The average Bonchev–Trinajstić information content (AvgIpc) is 2.69. The molecule has 0 saturated heterocycles. The van der Waals surface area contributed by atoms with Gasteiger partial charge in [-0.15, -0.1) is 11.3 Å². The molecule has 0 aliphatic carbocycles. The molecule has 0 aliphatic rings. The van der Waals surface area contributed by atoms with E-state index < -0.39 is 0 Å². The van der Waals surface area contributed by atoms with E-state index in [0.717, 1.165) is 15.6 Å². The highest BCUT2D eigenvalue weighted by Gasteiger charge is 2.10. The smallest absolute Gasteiger partial charge is 0.251 e. The molecule has 4 heteroatoms. The topological polar surface area (TPSA) is 29.1 Å². The second-order valence-corrected chi connectivity index (χ2v) is 6.85. The summed E-state index contributed by atoms with van der Waals surface area (Å²) in [5, 5.41) is 2.97. The SMILES string of the molecule is Cc1ccc(Br)cc1C(=O)NCc1cc(C)c(C)s1. The third-order valence-corrected chi connectivity index (χ3v) is 4.73. The predicted octanol–water partition coefficient (Wildman–Crippen LogP) is 4.37. The van der Waals surface area contributed by atoms with Crippen molar-refractivity contribution in [3.8, 4) is 0 Å². The Balaban J connectivity index is 2.07. The van der Waals surface area contributed by atoms with Crippen LogP contribution in [0.15, 0.2) is 28.7 Å². The van der Waals surface area contributed by atoms with Crippen LogP contribution in [0.25, 0.3) is 0 Å². The molecule has 0 aliphatic heterocycles. The summed E-state index contributed by atoms with van der Waals surface area (Å²) in [6.45, 7) is 6.73. The van der Waals surface area contributed by atoms with E-state index in [1.165, 1.54) is 15.3 Å². The van der Waals surface area contributed by atoms with Gasteiger partial charge in [-0.05, 0) is 50.1 Å². The zero-order valence-corrected chi connectivity index (χ0v) is 13.6. The molecule has 0 radical (unpaired) electrons. The lowest BCUT2D eigenvalue weighted by Crippen LogP contribution is -2.23. The molecule has 1 heterocycles. The molecule has 1 amide bonds. The van der Waals surface area contributed by atoms with Crippen molar-refractivity contribution in [2.45, 2.75) is 27.3 Å². The van der Waals surface area contributed by atoms with Crippen LogP contribution in [0.1, 0.15) is 31.2 Å². The third-order valence-electron chi connectivity index (χ3n) is 3.08. The van der Waals surface area contributed by atoms with Crippen molar-refractivity contribution in [1.29, 1.82) is 0 Å². The summed E-state index contributed by atoms with van der Waals surface area (Å²) in [6, 6.07) is 7.88. The van der Waals surface area contributed by atoms with E-state index in [-0.39, 0.29) is 5.91 Å². The van der Waals surface area contributed by atoms with E-state index in [4.69, 9.17) is 0 Å². The molecule has 0 saturated carbocycles. The minimum absolute atomic E-state index is 0.0255. The van der Waals surface area contributed by atoms with Gasteiger partial charge in [-0.2, -0.15) is 0 Å². The van der Waals surface area contributed by atoms with Gasteiger partial charge in [0.2, 0.25) is 0 Å². The summed E-state index contributed by atoms with van der Waals surface area (Å²) >= 11 is 5.13. The maximum Gasteiger partial charge on any atom is 0.251 e. The third kappa shape index (κ3) is 3.45. The van der Waals surface area contributed by atoms with Crippen molar-refractivity contribution in [2.75, 3.05) is 0 Å². The Morgan fingerprint density at radius 2 is 1.95 bits per heavy atom. The fourth-order valence-electron chi connectivity index (χ4n) is 1.84. The number of carbonyl (C=O) groups is 1. The number of amides is 1. The lowest BCUT2D eigenvalue weighted by atomic mass is 10.1. The van der Waals surface area contributed by atoms with Gasteiger partial charge in [0.15, 0.2) is 0 Å². The van der Waals surface area contributed by atoms with Crippen LogP contribution in [0.2, 0.25) is 0 Å².